The molecule has 4 amide bonds. The van der Waals surface area contributed by atoms with Crippen LogP contribution in [0.3, 0.4) is 0 Å². The van der Waals surface area contributed by atoms with E-state index in [1.54, 1.807) is 6.08 Å². The highest BCUT2D eigenvalue weighted by atomic mass is 16.2. The summed E-state index contributed by atoms with van der Waals surface area (Å²) in [6.45, 7) is 0. The van der Waals surface area contributed by atoms with E-state index in [2.05, 4.69) is 0 Å². The normalized spacial score (nSPS) is 21.7. The molecule has 1 saturated heterocycles. The first-order valence-electron chi connectivity index (χ1n) is 12.0. The van der Waals surface area contributed by atoms with Gasteiger partial charge in [0.25, 0.3) is 11.8 Å². The molecular formula is C26H31N3O3. The number of para-hydroxylation sites is 1. The van der Waals surface area contributed by atoms with Gasteiger partial charge in [-0.15, -0.1) is 0 Å². The Morgan fingerprint density at radius 2 is 1.31 bits per heavy atom. The number of urea groups is 1. The van der Waals surface area contributed by atoms with Gasteiger partial charge >= 0.3 is 6.03 Å². The molecular weight excluding hydrogens is 402 g/mol. The summed E-state index contributed by atoms with van der Waals surface area (Å²) in [5.74, 6) is -0.848. The Morgan fingerprint density at radius 1 is 0.781 bits per heavy atom. The van der Waals surface area contributed by atoms with E-state index in [4.69, 9.17) is 0 Å². The predicted octanol–water partition coefficient (Wildman–Crippen LogP) is 5.02. The monoisotopic (exact) mass is 433 g/mol. The predicted molar refractivity (Wildman–Crippen MR) is 124 cm³/mol. The molecule has 2 aromatic rings. The molecule has 6 nitrogen and oxygen atoms in total. The first kappa shape index (κ1) is 21.0. The van der Waals surface area contributed by atoms with Gasteiger partial charge in [0.2, 0.25) is 0 Å². The average Bonchev–Trinajstić information content (AvgIpc) is 3.14. The highest BCUT2D eigenvalue weighted by molar-refractivity contribution is 6.31. The van der Waals surface area contributed by atoms with Crippen LogP contribution in [0.25, 0.3) is 17.0 Å². The second-order valence-electron chi connectivity index (χ2n) is 9.49. The zero-order valence-electron chi connectivity index (χ0n) is 18.8. The largest absolute Gasteiger partial charge is 0.350 e. The highest BCUT2D eigenvalue weighted by Gasteiger charge is 2.47. The van der Waals surface area contributed by atoms with Gasteiger partial charge in [-0.25, -0.2) is 4.79 Å². The molecule has 1 aromatic heterocycles. The van der Waals surface area contributed by atoms with Gasteiger partial charge in [0, 0.05) is 41.8 Å². The van der Waals surface area contributed by atoms with Crippen molar-refractivity contribution in [1.29, 1.82) is 0 Å². The smallest absolute Gasteiger partial charge is 0.334 e. The van der Waals surface area contributed by atoms with Crippen LogP contribution < -0.4 is 0 Å². The molecule has 0 radical (unpaired) electrons. The SMILES string of the molecule is Cn1cc(C=C2C(=O)N(C3CCCCC3)C(=O)N(C3CCCCC3)C2=O)c2ccccc21. The van der Waals surface area contributed by atoms with Crippen LogP contribution in [-0.4, -0.2) is 44.3 Å². The molecule has 32 heavy (non-hydrogen) atoms. The molecule has 168 valence electrons. The van der Waals surface area contributed by atoms with Crippen LogP contribution in [0.5, 0.6) is 0 Å². The van der Waals surface area contributed by atoms with Gasteiger partial charge in [-0.3, -0.25) is 19.4 Å². The lowest BCUT2D eigenvalue weighted by Gasteiger charge is -2.43. The minimum Gasteiger partial charge on any atom is -0.350 e. The standard InChI is InChI=1S/C26H31N3O3/c1-27-17-18(21-14-8-9-15-23(21)27)16-22-24(30)28(19-10-4-2-5-11-19)26(32)29(25(22)31)20-12-6-3-7-13-20/h8-9,14-17,19-20H,2-7,10-13H2,1H3. The minimum absolute atomic E-state index is 0.112. The molecule has 3 fully saturated rings. The lowest BCUT2D eigenvalue weighted by molar-refractivity contribution is -0.139. The summed E-state index contributed by atoms with van der Waals surface area (Å²) in [5.41, 5.74) is 2.00. The number of amides is 4. The maximum atomic E-state index is 13.6. The number of fused-ring (bicyclic) bond motifs is 1. The van der Waals surface area contributed by atoms with Gasteiger partial charge in [0.15, 0.2) is 0 Å². The molecule has 5 rings (SSSR count). The Hall–Kier alpha value is -2.89. The molecule has 0 N–H and O–H groups in total. The number of carbonyl (C=O) groups is 3. The Morgan fingerprint density at radius 3 is 1.88 bits per heavy atom. The quantitative estimate of drug-likeness (QED) is 0.504. The third-order valence-corrected chi connectivity index (χ3v) is 7.42. The van der Waals surface area contributed by atoms with Crippen molar-refractivity contribution >= 4 is 34.8 Å². The van der Waals surface area contributed by atoms with Crippen molar-refractivity contribution in [3.05, 3.63) is 41.6 Å². The fraction of sp³-hybridized carbons (Fsp3) is 0.500. The number of aryl methyl sites for hydroxylation is 1. The fourth-order valence-corrected chi connectivity index (χ4v) is 5.73. The second-order valence-corrected chi connectivity index (χ2v) is 9.49. The van der Waals surface area contributed by atoms with Gasteiger partial charge in [-0.1, -0.05) is 56.7 Å². The van der Waals surface area contributed by atoms with Gasteiger partial charge < -0.3 is 4.57 Å². The van der Waals surface area contributed by atoms with Gasteiger partial charge in [0.05, 0.1) is 0 Å². The highest BCUT2D eigenvalue weighted by Crippen LogP contribution is 2.34. The van der Waals surface area contributed by atoms with Crippen molar-refractivity contribution in [3.63, 3.8) is 0 Å². The van der Waals surface area contributed by atoms with Crippen molar-refractivity contribution in [2.24, 2.45) is 7.05 Å². The number of hydrogen-bond donors (Lipinski definition) is 0. The minimum atomic E-state index is -0.424. The third kappa shape index (κ3) is 3.55. The first-order valence-corrected chi connectivity index (χ1v) is 12.0. The summed E-state index contributed by atoms with van der Waals surface area (Å²) < 4.78 is 2.00. The molecule has 2 saturated carbocycles. The van der Waals surface area contributed by atoms with E-state index < -0.39 is 17.8 Å². The van der Waals surface area contributed by atoms with Crippen molar-refractivity contribution < 1.29 is 14.4 Å². The van der Waals surface area contributed by atoms with E-state index >= 15 is 0 Å². The van der Waals surface area contributed by atoms with E-state index in [0.29, 0.717) is 0 Å². The summed E-state index contributed by atoms with van der Waals surface area (Å²) in [6.07, 6.45) is 13.3. The van der Waals surface area contributed by atoms with Crippen molar-refractivity contribution in [2.75, 3.05) is 0 Å². The number of aromatic nitrogens is 1. The maximum absolute atomic E-state index is 13.6. The Labute approximate surface area is 188 Å². The molecule has 6 heteroatoms. The lowest BCUT2D eigenvalue weighted by atomic mass is 9.90. The fourth-order valence-electron chi connectivity index (χ4n) is 5.73. The van der Waals surface area contributed by atoms with Crippen molar-refractivity contribution in [3.8, 4) is 0 Å². The molecule has 0 bridgehead atoms. The molecule has 2 heterocycles. The van der Waals surface area contributed by atoms with Gasteiger partial charge in [0.1, 0.15) is 5.57 Å². The summed E-state index contributed by atoms with van der Waals surface area (Å²) in [6, 6.07) is 7.34. The van der Waals surface area contributed by atoms with E-state index in [1.807, 2.05) is 42.1 Å². The number of nitrogens with zero attached hydrogens (tertiary/aromatic N) is 3. The molecule has 0 unspecified atom stereocenters. The van der Waals surface area contributed by atoms with E-state index in [-0.39, 0.29) is 17.7 Å². The molecule has 0 spiro atoms. The van der Waals surface area contributed by atoms with E-state index in [0.717, 1.165) is 80.7 Å². The van der Waals surface area contributed by atoms with Crippen LogP contribution in [0.1, 0.15) is 69.8 Å². The van der Waals surface area contributed by atoms with Crippen LogP contribution in [0, 0.1) is 0 Å². The summed E-state index contributed by atoms with van der Waals surface area (Å²) >= 11 is 0. The number of hydrogen-bond acceptors (Lipinski definition) is 3. The number of barbiturate groups is 1. The zero-order valence-corrected chi connectivity index (χ0v) is 18.8. The summed E-state index contributed by atoms with van der Waals surface area (Å²) in [4.78, 5) is 43.6. The van der Waals surface area contributed by atoms with Crippen LogP contribution in [0.4, 0.5) is 4.79 Å². The number of carbonyl (C=O) groups excluding carboxylic acids is 3. The summed E-state index contributed by atoms with van der Waals surface area (Å²) in [5, 5.41) is 0.994. The first-order chi connectivity index (χ1) is 15.6. The molecule has 2 aliphatic carbocycles. The van der Waals surface area contributed by atoms with Crippen LogP contribution >= 0.6 is 0 Å². The Bertz CT molecular complexity index is 1040. The number of rotatable bonds is 3. The van der Waals surface area contributed by atoms with Crippen molar-refractivity contribution in [2.45, 2.75) is 76.3 Å². The van der Waals surface area contributed by atoms with E-state index in [9.17, 15) is 14.4 Å². The zero-order chi connectivity index (χ0) is 22.2. The van der Waals surface area contributed by atoms with Crippen molar-refractivity contribution in [1.82, 2.24) is 14.4 Å². The average molecular weight is 434 g/mol. The van der Waals surface area contributed by atoms with E-state index in [1.165, 1.54) is 9.80 Å². The van der Waals surface area contributed by atoms with Gasteiger partial charge in [-0.2, -0.15) is 0 Å². The number of imide groups is 2. The maximum Gasteiger partial charge on any atom is 0.334 e. The summed E-state index contributed by atoms with van der Waals surface area (Å²) in [7, 11) is 1.96. The van der Waals surface area contributed by atoms with Crippen LogP contribution in [0.15, 0.2) is 36.0 Å². The topological polar surface area (TPSA) is 62.6 Å². The second kappa shape index (κ2) is 8.57. The molecule has 3 aliphatic rings. The number of benzene rings is 1. The van der Waals surface area contributed by atoms with Crippen LogP contribution in [0.2, 0.25) is 0 Å². The Kier molecular flexibility index (Phi) is 5.62. The van der Waals surface area contributed by atoms with Gasteiger partial charge in [-0.05, 0) is 37.8 Å². The molecule has 1 aromatic carbocycles. The molecule has 1 aliphatic heterocycles. The molecule has 0 atom stereocenters. The lowest BCUT2D eigenvalue weighted by Crippen LogP contribution is -2.62. The third-order valence-electron chi connectivity index (χ3n) is 7.42. The Balaban J connectivity index is 1.59. The van der Waals surface area contributed by atoms with Crippen LogP contribution in [-0.2, 0) is 16.6 Å².